The molecule has 0 aliphatic rings. The minimum atomic E-state index is 0.388. The summed E-state index contributed by atoms with van der Waals surface area (Å²) in [5.74, 6) is 0.742. The first-order valence-electron chi connectivity index (χ1n) is 5.02. The van der Waals surface area contributed by atoms with E-state index in [1.165, 1.54) is 11.3 Å². The van der Waals surface area contributed by atoms with Crippen molar-refractivity contribution in [2.24, 2.45) is 5.73 Å². The van der Waals surface area contributed by atoms with Crippen molar-refractivity contribution in [2.45, 2.75) is 13.5 Å². The summed E-state index contributed by atoms with van der Waals surface area (Å²) in [4.78, 5) is 0. The van der Waals surface area contributed by atoms with Crippen molar-refractivity contribution in [3.05, 3.63) is 27.7 Å². The van der Waals surface area contributed by atoms with Crippen LogP contribution in [0.3, 0.4) is 0 Å². The van der Waals surface area contributed by atoms with Gasteiger partial charge in [0.25, 0.3) is 0 Å². The van der Waals surface area contributed by atoms with Crippen LogP contribution in [0.5, 0.6) is 5.75 Å². The van der Waals surface area contributed by atoms with Crippen molar-refractivity contribution in [2.75, 3.05) is 7.11 Å². The summed E-state index contributed by atoms with van der Waals surface area (Å²) in [5.41, 5.74) is 7.33. The fourth-order valence-electron chi connectivity index (χ4n) is 1.44. The number of rotatable bonds is 3. The number of aryl methyl sites for hydroxylation is 1. The molecule has 2 N–H and O–H groups in total. The van der Waals surface area contributed by atoms with E-state index in [-0.39, 0.29) is 0 Å². The second kappa shape index (κ2) is 5.00. The van der Waals surface area contributed by atoms with E-state index >= 15 is 0 Å². The Morgan fingerprint density at radius 3 is 2.76 bits per heavy atom. The molecule has 0 atom stereocenters. The van der Waals surface area contributed by atoms with Crippen LogP contribution < -0.4 is 10.5 Å². The van der Waals surface area contributed by atoms with Crippen molar-refractivity contribution in [3.8, 4) is 16.3 Å². The van der Waals surface area contributed by atoms with Crippen molar-refractivity contribution in [3.63, 3.8) is 0 Å². The monoisotopic (exact) mass is 269 g/mol. The van der Waals surface area contributed by atoms with Gasteiger partial charge in [-0.3, -0.25) is 0 Å². The predicted molar refractivity (Wildman–Crippen MR) is 69.5 cm³/mol. The molecule has 17 heavy (non-hydrogen) atoms. The first-order valence-corrected chi connectivity index (χ1v) is 6.22. The molecule has 0 saturated heterocycles. The SMILES string of the molecule is COc1cc(C)c(Cl)cc1-c1nnc(CN)s1. The lowest BCUT2D eigenvalue weighted by molar-refractivity contribution is 0.416. The molecule has 0 amide bonds. The molecule has 0 fully saturated rings. The van der Waals surface area contributed by atoms with Crippen LogP contribution in [-0.2, 0) is 6.54 Å². The van der Waals surface area contributed by atoms with Crippen LogP contribution in [0.15, 0.2) is 12.1 Å². The van der Waals surface area contributed by atoms with E-state index in [0.717, 1.165) is 26.9 Å². The van der Waals surface area contributed by atoms with Gasteiger partial charge in [-0.2, -0.15) is 0 Å². The van der Waals surface area contributed by atoms with Crippen molar-refractivity contribution < 1.29 is 4.74 Å². The minimum Gasteiger partial charge on any atom is -0.496 e. The molecular weight excluding hydrogens is 258 g/mol. The van der Waals surface area contributed by atoms with E-state index < -0.39 is 0 Å². The second-order valence-corrected chi connectivity index (χ2v) is 4.98. The van der Waals surface area contributed by atoms with Gasteiger partial charge in [0.05, 0.1) is 12.7 Å². The van der Waals surface area contributed by atoms with Crippen molar-refractivity contribution in [1.82, 2.24) is 10.2 Å². The predicted octanol–water partition coefficient (Wildman–Crippen LogP) is 2.63. The van der Waals surface area contributed by atoms with Crippen LogP contribution >= 0.6 is 22.9 Å². The first-order chi connectivity index (χ1) is 8.15. The van der Waals surface area contributed by atoms with Crippen LogP contribution in [0.1, 0.15) is 10.6 Å². The van der Waals surface area contributed by atoms with E-state index in [1.54, 1.807) is 7.11 Å². The molecule has 1 aromatic carbocycles. The second-order valence-electron chi connectivity index (χ2n) is 3.51. The molecule has 0 aliphatic heterocycles. The molecule has 0 spiro atoms. The van der Waals surface area contributed by atoms with Gasteiger partial charge in [0.15, 0.2) is 5.01 Å². The summed E-state index contributed by atoms with van der Waals surface area (Å²) in [6, 6.07) is 3.73. The molecule has 6 heteroatoms. The Labute approximate surface area is 108 Å². The molecule has 1 aromatic heterocycles. The standard InChI is InChI=1S/C11H12ClN3OS/c1-6-3-9(16-2)7(4-8(6)12)11-15-14-10(5-13)17-11/h3-4H,5,13H2,1-2H3. The number of ether oxygens (including phenoxy) is 1. The van der Waals surface area contributed by atoms with E-state index in [9.17, 15) is 0 Å². The smallest absolute Gasteiger partial charge is 0.151 e. The van der Waals surface area contributed by atoms with Gasteiger partial charge in [-0.25, -0.2) is 0 Å². The van der Waals surface area contributed by atoms with E-state index in [2.05, 4.69) is 10.2 Å². The number of nitrogens with two attached hydrogens (primary N) is 1. The topological polar surface area (TPSA) is 61.0 Å². The summed E-state index contributed by atoms with van der Waals surface area (Å²) in [5, 5.41) is 10.3. The van der Waals surface area contributed by atoms with Gasteiger partial charge < -0.3 is 10.5 Å². The lowest BCUT2D eigenvalue weighted by atomic mass is 10.1. The molecule has 0 bridgehead atoms. The molecule has 0 unspecified atom stereocenters. The molecular formula is C11H12ClN3OS. The number of aromatic nitrogens is 2. The fraction of sp³-hybridized carbons (Fsp3) is 0.273. The quantitative estimate of drug-likeness (QED) is 0.930. The molecule has 0 radical (unpaired) electrons. The zero-order valence-electron chi connectivity index (χ0n) is 9.53. The average Bonchev–Trinajstić information content (AvgIpc) is 2.80. The average molecular weight is 270 g/mol. The minimum absolute atomic E-state index is 0.388. The summed E-state index contributed by atoms with van der Waals surface area (Å²) in [6.45, 7) is 2.32. The maximum atomic E-state index is 6.11. The lowest BCUT2D eigenvalue weighted by Crippen LogP contribution is -1.94. The molecule has 0 aliphatic carbocycles. The molecule has 2 rings (SSSR count). The van der Waals surface area contributed by atoms with Gasteiger partial charge in [-0.15, -0.1) is 10.2 Å². The maximum absolute atomic E-state index is 6.11. The highest BCUT2D eigenvalue weighted by Gasteiger charge is 2.13. The van der Waals surface area contributed by atoms with E-state index in [4.69, 9.17) is 22.1 Å². The van der Waals surface area contributed by atoms with Crippen molar-refractivity contribution >= 4 is 22.9 Å². The fourth-order valence-corrected chi connectivity index (χ4v) is 2.34. The van der Waals surface area contributed by atoms with Gasteiger partial charge in [-0.1, -0.05) is 22.9 Å². The largest absolute Gasteiger partial charge is 0.496 e. The number of hydrogen-bond acceptors (Lipinski definition) is 5. The number of halogens is 1. The van der Waals surface area contributed by atoms with E-state index in [0.29, 0.717) is 11.6 Å². The molecule has 1 heterocycles. The van der Waals surface area contributed by atoms with Crippen LogP contribution in [0.2, 0.25) is 5.02 Å². The number of hydrogen-bond donors (Lipinski definition) is 1. The third kappa shape index (κ3) is 2.41. The Bertz CT molecular complexity index is 542. The first kappa shape index (κ1) is 12.3. The third-order valence-corrected chi connectivity index (χ3v) is 3.74. The van der Waals surface area contributed by atoms with Gasteiger partial charge in [0.2, 0.25) is 0 Å². The van der Waals surface area contributed by atoms with E-state index in [1.807, 2.05) is 19.1 Å². The zero-order chi connectivity index (χ0) is 12.4. The Balaban J connectivity index is 2.53. The summed E-state index contributed by atoms with van der Waals surface area (Å²) >= 11 is 7.55. The zero-order valence-corrected chi connectivity index (χ0v) is 11.1. The summed E-state index contributed by atoms with van der Waals surface area (Å²) in [7, 11) is 1.62. The molecule has 4 nitrogen and oxygen atoms in total. The van der Waals surface area contributed by atoms with Crippen LogP contribution in [0, 0.1) is 6.92 Å². The van der Waals surface area contributed by atoms with Crippen LogP contribution in [0.4, 0.5) is 0 Å². The number of benzene rings is 1. The Morgan fingerprint density at radius 2 is 2.18 bits per heavy atom. The molecule has 0 saturated carbocycles. The highest BCUT2D eigenvalue weighted by molar-refractivity contribution is 7.14. The van der Waals surface area contributed by atoms with Gasteiger partial charge in [-0.05, 0) is 24.6 Å². The Morgan fingerprint density at radius 1 is 1.41 bits per heavy atom. The highest BCUT2D eigenvalue weighted by Crippen LogP contribution is 2.35. The third-order valence-electron chi connectivity index (χ3n) is 2.35. The van der Waals surface area contributed by atoms with Gasteiger partial charge >= 0.3 is 0 Å². The highest BCUT2D eigenvalue weighted by atomic mass is 35.5. The van der Waals surface area contributed by atoms with Crippen molar-refractivity contribution in [1.29, 1.82) is 0 Å². The Hall–Kier alpha value is -1.17. The molecule has 2 aromatic rings. The number of nitrogens with zero attached hydrogens (tertiary/aromatic N) is 2. The number of methoxy groups -OCH3 is 1. The summed E-state index contributed by atoms with van der Waals surface area (Å²) in [6.07, 6.45) is 0. The maximum Gasteiger partial charge on any atom is 0.151 e. The van der Waals surface area contributed by atoms with Gasteiger partial charge in [0.1, 0.15) is 10.8 Å². The Kier molecular flexibility index (Phi) is 3.61. The van der Waals surface area contributed by atoms with Crippen LogP contribution in [-0.4, -0.2) is 17.3 Å². The molecule has 90 valence electrons. The van der Waals surface area contributed by atoms with Crippen LogP contribution in [0.25, 0.3) is 10.6 Å². The normalized spacial score (nSPS) is 10.6. The lowest BCUT2D eigenvalue weighted by Gasteiger charge is -2.08. The van der Waals surface area contributed by atoms with Gasteiger partial charge in [0, 0.05) is 11.6 Å². The summed E-state index contributed by atoms with van der Waals surface area (Å²) < 4.78 is 5.33.